The Balaban J connectivity index is 2.05. The molecule has 2 rings (SSSR count). The highest BCUT2D eigenvalue weighted by atomic mass is 32.2. The molecule has 1 atom stereocenters. The number of aryl methyl sites for hydroxylation is 1. The number of methoxy groups -OCH3 is 1. The largest absolute Gasteiger partial charge is 0.497 e. The summed E-state index contributed by atoms with van der Waals surface area (Å²) >= 11 is 0. The Kier molecular flexibility index (Phi) is 5.44. The van der Waals surface area contributed by atoms with Crippen LogP contribution in [-0.2, 0) is 16.4 Å². The molecule has 0 spiro atoms. The van der Waals surface area contributed by atoms with Crippen molar-refractivity contribution in [1.82, 2.24) is 5.32 Å². The van der Waals surface area contributed by atoms with Crippen LogP contribution in [-0.4, -0.2) is 21.8 Å². The molecule has 0 saturated heterocycles. The van der Waals surface area contributed by atoms with Gasteiger partial charge in [-0.2, -0.15) is 0 Å². The molecule has 2 aromatic carbocycles. The molecule has 0 heterocycles. The topological polar surface area (TPSA) is 55.4 Å². The van der Waals surface area contributed by atoms with Crippen molar-refractivity contribution in [1.29, 1.82) is 0 Å². The second-order valence-electron chi connectivity index (χ2n) is 5.80. The summed E-state index contributed by atoms with van der Waals surface area (Å²) in [5, 5.41) is 3.45. The highest BCUT2D eigenvalue weighted by molar-refractivity contribution is 7.90. The SMILES string of the molecule is COc1cc(C)cc(CNC(C)c2ccc(S(C)(=O)=O)cc2)c1. The van der Waals surface area contributed by atoms with Gasteiger partial charge in [-0.15, -0.1) is 0 Å². The summed E-state index contributed by atoms with van der Waals surface area (Å²) in [6, 6.07) is 13.3. The molecule has 1 N–H and O–H groups in total. The van der Waals surface area contributed by atoms with Gasteiger partial charge in [0, 0.05) is 18.8 Å². The molecule has 0 aromatic heterocycles. The van der Waals surface area contributed by atoms with Crippen molar-refractivity contribution in [3.8, 4) is 5.75 Å². The zero-order valence-corrected chi connectivity index (χ0v) is 14.8. The lowest BCUT2D eigenvalue weighted by Crippen LogP contribution is -2.18. The number of sulfone groups is 1. The van der Waals surface area contributed by atoms with E-state index >= 15 is 0 Å². The minimum atomic E-state index is -3.15. The van der Waals surface area contributed by atoms with E-state index in [1.807, 2.05) is 31.2 Å². The minimum absolute atomic E-state index is 0.120. The third kappa shape index (κ3) is 4.81. The van der Waals surface area contributed by atoms with Crippen molar-refractivity contribution >= 4 is 9.84 Å². The summed E-state index contributed by atoms with van der Waals surface area (Å²) in [6.45, 7) is 4.81. The number of benzene rings is 2. The number of rotatable bonds is 6. The zero-order valence-electron chi connectivity index (χ0n) is 14.0. The van der Waals surface area contributed by atoms with Crippen molar-refractivity contribution in [3.63, 3.8) is 0 Å². The van der Waals surface area contributed by atoms with E-state index in [9.17, 15) is 8.42 Å². The van der Waals surface area contributed by atoms with E-state index in [0.29, 0.717) is 11.4 Å². The molecule has 5 heteroatoms. The van der Waals surface area contributed by atoms with Crippen molar-refractivity contribution in [2.24, 2.45) is 0 Å². The van der Waals surface area contributed by atoms with Crippen LogP contribution < -0.4 is 10.1 Å². The van der Waals surface area contributed by atoms with Crippen molar-refractivity contribution < 1.29 is 13.2 Å². The fourth-order valence-corrected chi connectivity index (χ4v) is 3.07. The highest BCUT2D eigenvalue weighted by Gasteiger charge is 2.09. The van der Waals surface area contributed by atoms with Gasteiger partial charge in [-0.05, 0) is 54.8 Å². The predicted octanol–water partition coefficient (Wildman–Crippen LogP) is 3.26. The lowest BCUT2D eigenvalue weighted by molar-refractivity contribution is 0.413. The Labute approximate surface area is 138 Å². The van der Waals surface area contributed by atoms with E-state index in [2.05, 4.69) is 18.3 Å². The van der Waals surface area contributed by atoms with Gasteiger partial charge < -0.3 is 10.1 Å². The van der Waals surface area contributed by atoms with Gasteiger partial charge in [0.15, 0.2) is 9.84 Å². The number of nitrogens with one attached hydrogen (secondary N) is 1. The van der Waals surface area contributed by atoms with E-state index < -0.39 is 9.84 Å². The first kappa shape index (κ1) is 17.5. The summed E-state index contributed by atoms with van der Waals surface area (Å²) in [6.07, 6.45) is 1.22. The fourth-order valence-electron chi connectivity index (χ4n) is 2.44. The molecule has 2 aromatic rings. The smallest absolute Gasteiger partial charge is 0.175 e. The molecule has 4 nitrogen and oxygen atoms in total. The summed E-state index contributed by atoms with van der Waals surface area (Å²) in [5.41, 5.74) is 3.37. The quantitative estimate of drug-likeness (QED) is 0.881. The highest BCUT2D eigenvalue weighted by Crippen LogP contribution is 2.19. The molecule has 1 unspecified atom stereocenters. The van der Waals surface area contributed by atoms with Gasteiger partial charge in [0.2, 0.25) is 0 Å². The molecule has 23 heavy (non-hydrogen) atoms. The molecular weight excluding hydrogens is 310 g/mol. The molecule has 0 bridgehead atoms. The standard InChI is InChI=1S/C18H23NO3S/c1-13-9-15(11-17(10-13)22-3)12-19-14(2)16-5-7-18(8-6-16)23(4,20)21/h5-11,14,19H,12H2,1-4H3. The van der Waals surface area contributed by atoms with Crippen molar-refractivity contribution in [2.75, 3.05) is 13.4 Å². The van der Waals surface area contributed by atoms with Crippen LogP contribution in [0.4, 0.5) is 0 Å². The van der Waals surface area contributed by atoms with E-state index in [4.69, 9.17) is 4.74 Å². The maximum absolute atomic E-state index is 11.5. The van der Waals surface area contributed by atoms with Crippen LogP contribution in [0.1, 0.15) is 29.7 Å². The molecule has 0 aliphatic carbocycles. The van der Waals surface area contributed by atoms with Gasteiger partial charge in [0.05, 0.1) is 12.0 Å². The average molecular weight is 333 g/mol. The van der Waals surface area contributed by atoms with E-state index in [1.165, 1.54) is 6.26 Å². The van der Waals surface area contributed by atoms with Crippen molar-refractivity contribution in [3.05, 3.63) is 59.2 Å². The van der Waals surface area contributed by atoms with Crippen LogP contribution >= 0.6 is 0 Å². The van der Waals surface area contributed by atoms with Gasteiger partial charge in [0.1, 0.15) is 5.75 Å². The van der Waals surface area contributed by atoms with Crippen LogP contribution in [0.5, 0.6) is 5.75 Å². The lowest BCUT2D eigenvalue weighted by atomic mass is 10.1. The summed E-state index contributed by atoms with van der Waals surface area (Å²) in [7, 11) is -1.48. The van der Waals surface area contributed by atoms with Crippen LogP contribution in [0.25, 0.3) is 0 Å². The molecule has 0 aliphatic rings. The Morgan fingerprint density at radius 3 is 2.35 bits per heavy atom. The Morgan fingerprint density at radius 1 is 1.13 bits per heavy atom. The third-order valence-electron chi connectivity index (χ3n) is 3.77. The van der Waals surface area contributed by atoms with Gasteiger partial charge >= 0.3 is 0 Å². The first-order valence-electron chi connectivity index (χ1n) is 7.47. The predicted molar refractivity (Wildman–Crippen MR) is 92.5 cm³/mol. The second-order valence-corrected chi connectivity index (χ2v) is 7.82. The van der Waals surface area contributed by atoms with Gasteiger partial charge in [0.25, 0.3) is 0 Å². The lowest BCUT2D eigenvalue weighted by Gasteiger charge is -2.15. The molecule has 0 saturated carbocycles. The minimum Gasteiger partial charge on any atom is -0.497 e. The Morgan fingerprint density at radius 2 is 1.78 bits per heavy atom. The van der Waals surface area contributed by atoms with Crippen LogP contribution in [0.3, 0.4) is 0 Å². The maximum Gasteiger partial charge on any atom is 0.175 e. The van der Waals surface area contributed by atoms with Crippen LogP contribution in [0.2, 0.25) is 0 Å². The number of ether oxygens (including phenoxy) is 1. The zero-order chi connectivity index (χ0) is 17.0. The van der Waals surface area contributed by atoms with Crippen LogP contribution in [0.15, 0.2) is 47.4 Å². The third-order valence-corrected chi connectivity index (χ3v) is 4.90. The molecule has 0 fully saturated rings. The van der Waals surface area contributed by atoms with E-state index in [-0.39, 0.29) is 6.04 Å². The monoisotopic (exact) mass is 333 g/mol. The summed E-state index contributed by atoms with van der Waals surface area (Å²) in [4.78, 5) is 0.344. The Hall–Kier alpha value is -1.85. The van der Waals surface area contributed by atoms with Crippen LogP contribution in [0, 0.1) is 6.92 Å². The Bertz CT molecular complexity index is 767. The van der Waals surface area contributed by atoms with E-state index in [1.54, 1.807) is 19.2 Å². The molecule has 0 aliphatic heterocycles. The maximum atomic E-state index is 11.5. The molecule has 0 radical (unpaired) electrons. The second kappa shape index (κ2) is 7.15. The summed E-state index contributed by atoms with van der Waals surface area (Å²) in [5.74, 6) is 0.854. The fraction of sp³-hybridized carbons (Fsp3) is 0.333. The molecule has 124 valence electrons. The van der Waals surface area contributed by atoms with E-state index in [0.717, 1.165) is 22.4 Å². The first-order valence-corrected chi connectivity index (χ1v) is 9.36. The molecule has 0 amide bonds. The van der Waals surface area contributed by atoms with Gasteiger partial charge in [-0.3, -0.25) is 0 Å². The number of hydrogen-bond donors (Lipinski definition) is 1. The summed E-state index contributed by atoms with van der Waals surface area (Å²) < 4.78 is 28.3. The van der Waals surface area contributed by atoms with Gasteiger partial charge in [-0.1, -0.05) is 18.2 Å². The first-order chi connectivity index (χ1) is 10.8. The average Bonchev–Trinajstić information content (AvgIpc) is 2.51. The number of hydrogen-bond acceptors (Lipinski definition) is 4. The van der Waals surface area contributed by atoms with Gasteiger partial charge in [-0.25, -0.2) is 8.42 Å². The van der Waals surface area contributed by atoms with Crippen molar-refractivity contribution in [2.45, 2.75) is 31.3 Å². The molecular formula is C18H23NO3S. The normalized spacial score (nSPS) is 12.9.